The van der Waals surface area contributed by atoms with Crippen molar-refractivity contribution in [3.05, 3.63) is 0 Å². The van der Waals surface area contributed by atoms with Crippen LogP contribution in [-0.4, -0.2) is 36.9 Å². The standard InChI is InChI=1S/C4H12NO3PS/c1-5(2)4-10-9(6,7)8-3/h4H2,1-3H3,(H,6,7). The Kier molecular flexibility index (Phi) is 4.56. The van der Waals surface area contributed by atoms with Gasteiger partial charge in [0.1, 0.15) is 0 Å². The second-order valence-corrected chi connectivity index (χ2v) is 5.97. The summed E-state index contributed by atoms with van der Waals surface area (Å²) < 4.78 is 15.1. The van der Waals surface area contributed by atoms with E-state index < -0.39 is 6.80 Å². The van der Waals surface area contributed by atoms with Gasteiger partial charge in [-0.3, -0.25) is 4.90 Å². The zero-order valence-corrected chi connectivity index (χ0v) is 7.98. The van der Waals surface area contributed by atoms with Gasteiger partial charge in [-0.25, -0.2) is 4.57 Å². The van der Waals surface area contributed by atoms with Crippen LogP contribution in [0.4, 0.5) is 0 Å². The molecule has 0 radical (unpaired) electrons. The fraction of sp³-hybridized carbons (Fsp3) is 1.00. The van der Waals surface area contributed by atoms with Gasteiger partial charge < -0.3 is 9.42 Å². The lowest BCUT2D eigenvalue weighted by Gasteiger charge is -2.11. The van der Waals surface area contributed by atoms with Crippen LogP contribution in [0, 0.1) is 0 Å². The lowest BCUT2D eigenvalue weighted by Crippen LogP contribution is -2.09. The zero-order chi connectivity index (χ0) is 8.20. The molecule has 10 heavy (non-hydrogen) atoms. The van der Waals surface area contributed by atoms with Gasteiger partial charge in [-0.2, -0.15) is 0 Å². The van der Waals surface area contributed by atoms with E-state index in [1.807, 2.05) is 14.1 Å². The molecule has 0 amide bonds. The molecule has 0 aromatic heterocycles. The SMILES string of the molecule is COP(=O)(O)SCN(C)C. The highest BCUT2D eigenvalue weighted by atomic mass is 32.7. The van der Waals surface area contributed by atoms with Crippen molar-refractivity contribution >= 4 is 18.2 Å². The maximum Gasteiger partial charge on any atom is 0.387 e. The monoisotopic (exact) mass is 185 g/mol. The van der Waals surface area contributed by atoms with Gasteiger partial charge in [-0.1, -0.05) is 0 Å². The second-order valence-electron chi connectivity index (χ2n) is 1.99. The smallest absolute Gasteiger partial charge is 0.316 e. The van der Waals surface area contributed by atoms with E-state index in [-0.39, 0.29) is 0 Å². The lowest BCUT2D eigenvalue weighted by atomic mass is 11.0. The average molecular weight is 185 g/mol. The van der Waals surface area contributed by atoms with Gasteiger partial charge in [0, 0.05) is 7.11 Å². The van der Waals surface area contributed by atoms with Crippen molar-refractivity contribution in [3.8, 4) is 0 Å². The summed E-state index contributed by atoms with van der Waals surface area (Å²) in [6.45, 7) is -3.35. The van der Waals surface area contributed by atoms with Gasteiger partial charge >= 0.3 is 6.80 Å². The highest BCUT2D eigenvalue weighted by Gasteiger charge is 2.17. The molecule has 0 saturated heterocycles. The van der Waals surface area contributed by atoms with Crippen molar-refractivity contribution in [2.24, 2.45) is 0 Å². The Morgan fingerprint density at radius 2 is 2.20 bits per heavy atom. The van der Waals surface area contributed by atoms with E-state index in [1.165, 1.54) is 7.11 Å². The Morgan fingerprint density at radius 1 is 1.70 bits per heavy atom. The normalized spacial score (nSPS) is 17.3. The lowest BCUT2D eigenvalue weighted by molar-refractivity contribution is 0.335. The van der Waals surface area contributed by atoms with Crippen LogP contribution in [0.5, 0.6) is 0 Å². The van der Waals surface area contributed by atoms with Crippen LogP contribution < -0.4 is 0 Å². The van der Waals surface area contributed by atoms with Crippen molar-refractivity contribution in [3.63, 3.8) is 0 Å². The van der Waals surface area contributed by atoms with Gasteiger partial charge in [-0.05, 0) is 25.5 Å². The molecule has 0 aliphatic heterocycles. The minimum Gasteiger partial charge on any atom is -0.316 e. The third kappa shape index (κ3) is 5.26. The van der Waals surface area contributed by atoms with Crippen LogP contribution in [0.2, 0.25) is 0 Å². The molecule has 0 saturated carbocycles. The summed E-state index contributed by atoms with van der Waals surface area (Å²) in [6, 6.07) is 0. The molecule has 0 aromatic carbocycles. The Labute approximate surface area is 64.8 Å². The summed E-state index contributed by atoms with van der Waals surface area (Å²) in [5.74, 6) is 0.488. The third-order valence-corrected chi connectivity index (χ3v) is 3.90. The van der Waals surface area contributed by atoms with E-state index in [9.17, 15) is 4.57 Å². The van der Waals surface area contributed by atoms with Crippen molar-refractivity contribution < 1.29 is 14.0 Å². The Bertz CT molecular complexity index is 140. The van der Waals surface area contributed by atoms with Crippen LogP contribution in [0.3, 0.4) is 0 Å². The first-order chi connectivity index (χ1) is 4.48. The topological polar surface area (TPSA) is 49.8 Å². The molecule has 62 valence electrons. The molecule has 0 fully saturated rings. The van der Waals surface area contributed by atoms with E-state index in [0.717, 1.165) is 11.4 Å². The molecule has 1 unspecified atom stereocenters. The van der Waals surface area contributed by atoms with E-state index in [4.69, 9.17) is 4.89 Å². The summed E-state index contributed by atoms with van der Waals surface area (Å²) in [4.78, 5) is 10.6. The number of hydrogen-bond acceptors (Lipinski definition) is 4. The second kappa shape index (κ2) is 4.36. The molecule has 1 N–H and O–H groups in total. The van der Waals surface area contributed by atoms with Crippen molar-refractivity contribution in [1.82, 2.24) is 4.90 Å². The molecule has 0 aliphatic carbocycles. The molecule has 0 rings (SSSR count). The molecule has 4 nitrogen and oxygen atoms in total. The quantitative estimate of drug-likeness (QED) is 0.522. The van der Waals surface area contributed by atoms with Gasteiger partial charge in [0.2, 0.25) is 0 Å². The van der Waals surface area contributed by atoms with Crippen LogP contribution >= 0.6 is 18.2 Å². The predicted octanol–water partition coefficient (Wildman–Crippen LogP) is 0.985. The number of nitrogens with zero attached hydrogens (tertiary/aromatic N) is 1. The van der Waals surface area contributed by atoms with E-state index in [1.54, 1.807) is 4.90 Å². The fourth-order valence-corrected chi connectivity index (χ4v) is 2.17. The van der Waals surface area contributed by atoms with Crippen LogP contribution in [-0.2, 0) is 9.09 Å². The van der Waals surface area contributed by atoms with Gasteiger partial charge in [-0.15, -0.1) is 0 Å². The molecule has 0 bridgehead atoms. The predicted molar refractivity (Wildman–Crippen MR) is 43.0 cm³/mol. The van der Waals surface area contributed by atoms with Crippen LogP contribution in [0.15, 0.2) is 0 Å². The molecular weight excluding hydrogens is 173 g/mol. The maximum atomic E-state index is 10.8. The summed E-state index contributed by atoms with van der Waals surface area (Å²) in [5.41, 5.74) is 0. The minimum absolute atomic E-state index is 0.488. The minimum atomic E-state index is -3.35. The molecule has 6 heteroatoms. The summed E-state index contributed by atoms with van der Waals surface area (Å²) in [6.07, 6.45) is 0. The van der Waals surface area contributed by atoms with Gasteiger partial charge in [0.15, 0.2) is 0 Å². The molecule has 1 atom stereocenters. The third-order valence-electron chi connectivity index (χ3n) is 0.710. The highest BCUT2D eigenvalue weighted by molar-refractivity contribution is 8.54. The van der Waals surface area contributed by atoms with Gasteiger partial charge in [0.05, 0.1) is 5.88 Å². The summed E-state index contributed by atoms with van der Waals surface area (Å²) in [7, 11) is 4.87. The average Bonchev–Trinajstić information content (AvgIpc) is 1.85. The van der Waals surface area contributed by atoms with Crippen molar-refractivity contribution in [2.75, 3.05) is 27.1 Å². The molecule has 0 aliphatic rings. The molecule has 0 aromatic rings. The summed E-state index contributed by atoms with van der Waals surface area (Å²) in [5, 5.41) is 0. The number of rotatable bonds is 4. The van der Waals surface area contributed by atoms with Crippen molar-refractivity contribution in [2.45, 2.75) is 0 Å². The largest absolute Gasteiger partial charge is 0.387 e. The van der Waals surface area contributed by atoms with Gasteiger partial charge in [0.25, 0.3) is 0 Å². The fourth-order valence-electron chi connectivity index (χ4n) is 0.241. The van der Waals surface area contributed by atoms with E-state index >= 15 is 0 Å². The molecule has 0 spiro atoms. The van der Waals surface area contributed by atoms with Crippen molar-refractivity contribution in [1.29, 1.82) is 0 Å². The first kappa shape index (κ1) is 10.5. The maximum absolute atomic E-state index is 10.8. The number of hydrogen-bond donors (Lipinski definition) is 1. The molecular formula is C4H12NO3PS. The Morgan fingerprint density at radius 3 is 2.50 bits per heavy atom. The first-order valence-electron chi connectivity index (χ1n) is 2.66. The summed E-state index contributed by atoms with van der Waals surface area (Å²) >= 11 is 0.902. The van der Waals surface area contributed by atoms with Crippen LogP contribution in [0.1, 0.15) is 0 Å². The highest BCUT2D eigenvalue weighted by Crippen LogP contribution is 2.54. The Balaban J connectivity index is 3.58. The van der Waals surface area contributed by atoms with E-state index in [0.29, 0.717) is 5.88 Å². The van der Waals surface area contributed by atoms with E-state index in [2.05, 4.69) is 4.52 Å². The van der Waals surface area contributed by atoms with Crippen LogP contribution in [0.25, 0.3) is 0 Å². The first-order valence-corrected chi connectivity index (χ1v) is 5.82. The Hall–Kier alpha value is 0.460. The molecule has 0 heterocycles. The zero-order valence-electron chi connectivity index (χ0n) is 6.27.